The molecule has 0 bridgehead atoms. The first-order valence-corrected chi connectivity index (χ1v) is 12.6. The van der Waals surface area contributed by atoms with Crippen LogP contribution in [0.4, 0.5) is 13.2 Å². The molecule has 0 radical (unpaired) electrons. The Hall–Kier alpha value is -4.35. The minimum Gasteiger partial charge on any atom is -0.480 e. The van der Waals surface area contributed by atoms with E-state index in [2.05, 4.69) is 25.0 Å². The summed E-state index contributed by atoms with van der Waals surface area (Å²) in [5.74, 6) is 0.348. The molecule has 39 heavy (non-hydrogen) atoms. The van der Waals surface area contributed by atoms with E-state index in [4.69, 9.17) is 9.72 Å². The molecular formula is C27H25F3N8O. The summed E-state index contributed by atoms with van der Waals surface area (Å²) in [6.45, 7) is 3.80. The van der Waals surface area contributed by atoms with Crippen molar-refractivity contribution in [2.24, 2.45) is 0 Å². The Balaban J connectivity index is 1.30. The Labute approximate surface area is 221 Å². The third-order valence-corrected chi connectivity index (χ3v) is 6.72. The van der Waals surface area contributed by atoms with Crippen molar-refractivity contribution in [3.63, 3.8) is 0 Å². The average molecular weight is 535 g/mol. The Kier molecular flexibility index (Phi) is 6.04. The summed E-state index contributed by atoms with van der Waals surface area (Å²) in [5, 5.41) is 5.27. The summed E-state index contributed by atoms with van der Waals surface area (Å²) in [5.41, 5.74) is 4.00. The van der Waals surface area contributed by atoms with E-state index in [-0.39, 0.29) is 11.7 Å². The first-order valence-electron chi connectivity index (χ1n) is 12.6. The van der Waals surface area contributed by atoms with Gasteiger partial charge < -0.3 is 9.30 Å². The van der Waals surface area contributed by atoms with Crippen LogP contribution in [0, 0.1) is 0 Å². The number of hydrogen-bond acceptors (Lipinski definition) is 7. The predicted octanol–water partition coefficient (Wildman–Crippen LogP) is 5.68. The Morgan fingerprint density at radius 3 is 2.44 bits per heavy atom. The van der Waals surface area contributed by atoms with Crippen molar-refractivity contribution in [1.29, 1.82) is 0 Å². The maximum atomic E-state index is 13.5. The SMILES string of the molecule is COc1ncnc(C2CC2)c1-c1ncc2cnn(Cc3ccc(-c4cn(C(C)C)c(C(F)(F)F)n4)cc3)c2n1. The number of alkyl halides is 3. The van der Waals surface area contributed by atoms with Crippen molar-refractivity contribution in [3.8, 4) is 28.5 Å². The number of imidazole rings is 1. The highest BCUT2D eigenvalue weighted by Gasteiger charge is 2.37. The molecular weight excluding hydrogens is 509 g/mol. The number of hydrogen-bond donors (Lipinski definition) is 0. The van der Waals surface area contributed by atoms with Crippen LogP contribution in [0.15, 0.2) is 49.2 Å². The van der Waals surface area contributed by atoms with Gasteiger partial charge in [0, 0.05) is 29.9 Å². The van der Waals surface area contributed by atoms with E-state index in [9.17, 15) is 13.2 Å². The smallest absolute Gasteiger partial charge is 0.449 e. The number of methoxy groups -OCH3 is 1. The summed E-state index contributed by atoms with van der Waals surface area (Å²) in [6.07, 6.45) is 3.94. The van der Waals surface area contributed by atoms with Crippen molar-refractivity contribution in [3.05, 3.63) is 66.3 Å². The van der Waals surface area contributed by atoms with Gasteiger partial charge in [0.05, 0.1) is 36.6 Å². The van der Waals surface area contributed by atoms with E-state index < -0.39 is 12.0 Å². The third-order valence-electron chi connectivity index (χ3n) is 6.72. The lowest BCUT2D eigenvalue weighted by Crippen LogP contribution is -2.15. The lowest BCUT2D eigenvalue weighted by molar-refractivity contribution is -0.147. The third kappa shape index (κ3) is 4.70. The van der Waals surface area contributed by atoms with Crippen LogP contribution in [0.1, 0.15) is 55.7 Å². The topological polar surface area (TPSA) is 96.4 Å². The van der Waals surface area contributed by atoms with Crippen molar-refractivity contribution >= 4 is 11.0 Å². The fourth-order valence-corrected chi connectivity index (χ4v) is 4.61. The quantitative estimate of drug-likeness (QED) is 0.265. The molecule has 200 valence electrons. The van der Waals surface area contributed by atoms with Gasteiger partial charge >= 0.3 is 6.18 Å². The van der Waals surface area contributed by atoms with Crippen LogP contribution >= 0.6 is 0 Å². The van der Waals surface area contributed by atoms with Crippen LogP contribution in [0.25, 0.3) is 33.7 Å². The van der Waals surface area contributed by atoms with Gasteiger partial charge in [-0.05, 0) is 32.3 Å². The number of ether oxygens (including phenoxy) is 1. The van der Waals surface area contributed by atoms with E-state index in [0.717, 1.165) is 34.1 Å². The van der Waals surface area contributed by atoms with E-state index in [1.165, 1.54) is 12.5 Å². The van der Waals surface area contributed by atoms with E-state index in [0.29, 0.717) is 40.9 Å². The number of benzene rings is 1. The van der Waals surface area contributed by atoms with Gasteiger partial charge in [-0.3, -0.25) is 0 Å². The normalized spacial score (nSPS) is 13.9. The van der Waals surface area contributed by atoms with Crippen LogP contribution < -0.4 is 4.74 Å². The van der Waals surface area contributed by atoms with Crippen molar-refractivity contribution in [2.75, 3.05) is 7.11 Å². The van der Waals surface area contributed by atoms with Gasteiger partial charge in [-0.25, -0.2) is 29.6 Å². The van der Waals surface area contributed by atoms with Gasteiger partial charge in [-0.15, -0.1) is 0 Å². The molecule has 1 saturated carbocycles. The number of halogens is 3. The zero-order chi connectivity index (χ0) is 27.3. The first-order chi connectivity index (χ1) is 18.7. The van der Waals surface area contributed by atoms with Crippen molar-refractivity contribution < 1.29 is 17.9 Å². The molecule has 4 aromatic heterocycles. The molecule has 0 aliphatic heterocycles. The van der Waals surface area contributed by atoms with Crippen LogP contribution in [-0.4, -0.2) is 46.4 Å². The van der Waals surface area contributed by atoms with Crippen molar-refractivity contribution in [2.45, 2.75) is 51.4 Å². The molecule has 0 N–H and O–H groups in total. The maximum absolute atomic E-state index is 13.5. The molecule has 1 aliphatic carbocycles. The molecule has 0 amide bonds. The van der Waals surface area contributed by atoms with Gasteiger partial charge in [0.2, 0.25) is 11.7 Å². The zero-order valence-corrected chi connectivity index (χ0v) is 21.5. The zero-order valence-electron chi connectivity index (χ0n) is 21.5. The number of nitrogens with zero attached hydrogens (tertiary/aromatic N) is 8. The molecule has 1 aromatic carbocycles. The second-order valence-electron chi connectivity index (χ2n) is 9.84. The molecule has 9 nitrogen and oxygen atoms in total. The molecule has 5 aromatic rings. The van der Waals surface area contributed by atoms with E-state index in [1.54, 1.807) is 50.2 Å². The van der Waals surface area contributed by atoms with Crippen LogP contribution in [0.2, 0.25) is 0 Å². The fourth-order valence-electron chi connectivity index (χ4n) is 4.61. The molecule has 0 unspecified atom stereocenters. The lowest BCUT2D eigenvalue weighted by atomic mass is 10.1. The largest absolute Gasteiger partial charge is 0.480 e. The number of rotatable bonds is 7. The van der Waals surface area contributed by atoms with Gasteiger partial charge in [0.25, 0.3) is 0 Å². The summed E-state index contributed by atoms with van der Waals surface area (Å²) in [4.78, 5) is 22.0. The molecule has 6 rings (SSSR count). The first kappa shape index (κ1) is 25.0. The molecule has 12 heteroatoms. The highest BCUT2D eigenvalue weighted by atomic mass is 19.4. The predicted molar refractivity (Wildman–Crippen MR) is 137 cm³/mol. The monoisotopic (exact) mass is 534 g/mol. The minimum absolute atomic E-state index is 0.273. The van der Waals surface area contributed by atoms with Crippen LogP contribution in [-0.2, 0) is 12.7 Å². The summed E-state index contributed by atoms with van der Waals surface area (Å²) < 4.78 is 48.8. The molecule has 0 atom stereocenters. The number of aromatic nitrogens is 8. The molecule has 1 fully saturated rings. The Bertz CT molecular complexity index is 1650. The fraction of sp³-hybridized carbons (Fsp3) is 0.333. The Morgan fingerprint density at radius 2 is 1.79 bits per heavy atom. The molecule has 1 aliphatic rings. The highest BCUT2D eigenvalue weighted by Crippen LogP contribution is 2.44. The summed E-state index contributed by atoms with van der Waals surface area (Å²) >= 11 is 0. The van der Waals surface area contributed by atoms with Gasteiger partial charge in [0.15, 0.2) is 11.5 Å². The lowest BCUT2D eigenvalue weighted by Gasteiger charge is -2.12. The van der Waals surface area contributed by atoms with Gasteiger partial charge in [0.1, 0.15) is 11.9 Å². The Morgan fingerprint density at radius 1 is 1.03 bits per heavy atom. The van der Waals surface area contributed by atoms with Crippen LogP contribution in [0.5, 0.6) is 5.88 Å². The molecule has 0 saturated heterocycles. The molecule has 4 heterocycles. The highest BCUT2D eigenvalue weighted by molar-refractivity contribution is 5.77. The molecule has 0 spiro atoms. The minimum atomic E-state index is -4.53. The standard InChI is InChI=1S/C27H25F3N8O/c1-15(2)37-13-20(35-26(37)27(28,29)30)17-6-4-16(5-7-17)12-38-24-19(11-34-38)10-31-23(36-24)21-22(18-8-9-18)32-14-33-25(21)39-3/h4-7,10-11,13-15,18H,8-9,12H2,1-3H3. The summed E-state index contributed by atoms with van der Waals surface area (Å²) in [7, 11) is 1.56. The number of fused-ring (bicyclic) bond motifs is 1. The second kappa shape index (κ2) is 9.44. The van der Waals surface area contributed by atoms with E-state index in [1.807, 2.05) is 12.1 Å². The second-order valence-corrected chi connectivity index (χ2v) is 9.84. The average Bonchev–Trinajstić information content (AvgIpc) is 3.53. The maximum Gasteiger partial charge on any atom is 0.449 e. The van der Waals surface area contributed by atoms with Gasteiger partial charge in [-0.1, -0.05) is 24.3 Å². The van der Waals surface area contributed by atoms with Crippen LogP contribution in [0.3, 0.4) is 0 Å². The van der Waals surface area contributed by atoms with Gasteiger partial charge in [-0.2, -0.15) is 18.3 Å². The van der Waals surface area contributed by atoms with E-state index >= 15 is 0 Å². The van der Waals surface area contributed by atoms with Crippen molar-refractivity contribution in [1.82, 2.24) is 39.3 Å². The summed E-state index contributed by atoms with van der Waals surface area (Å²) in [6, 6.07) is 6.87.